The maximum Gasteiger partial charge on any atom is 0.194 e. The third-order valence-electron chi connectivity index (χ3n) is 6.74. The summed E-state index contributed by atoms with van der Waals surface area (Å²) >= 11 is 0. The Morgan fingerprint density at radius 3 is 2.18 bits per heavy atom. The van der Waals surface area contributed by atoms with Gasteiger partial charge in [-0.2, -0.15) is 0 Å². The molecule has 1 saturated carbocycles. The van der Waals surface area contributed by atoms with Gasteiger partial charge in [0.2, 0.25) is 0 Å². The Labute approximate surface area is 165 Å². The van der Waals surface area contributed by atoms with Gasteiger partial charge in [-0.3, -0.25) is 0 Å². The van der Waals surface area contributed by atoms with Crippen molar-refractivity contribution in [1.29, 1.82) is 0 Å². The van der Waals surface area contributed by atoms with Gasteiger partial charge in [0.1, 0.15) is 0 Å². The van der Waals surface area contributed by atoms with Crippen LogP contribution in [-0.4, -0.2) is 0 Å². The second-order valence-corrected chi connectivity index (χ2v) is 8.44. The third kappa shape index (κ3) is 3.90. The molecular formula is C25H27F3. The van der Waals surface area contributed by atoms with E-state index in [1.54, 1.807) is 0 Å². The van der Waals surface area contributed by atoms with Crippen LogP contribution in [-0.2, 0) is 12.8 Å². The zero-order chi connectivity index (χ0) is 19.7. The molecule has 4 rings (SSSR count). The van der Waals surface area contributed by atoms with Gasteiger partial charge in [-0.05, 0) is 104 Å². The van der Waals surface area contributed by atoms with Crippen LogP contribution >= 0.6 is 0 Å². The Bertz CT molecular complexity index is 852. The molecular weight excluding hydrogens is 357 g/mol. The minimum Gasteiger partial charge on any atom is -0.204 e. The van der Waals surface area contributed by atoms with Crippen LogP contribution in [0.4, 0.5) is 13.2 Å². The average molecular weight is 384 g/mol. The topological polar surface area (TPSA) is 0 Å². The van der Waals surface area contributed by atoms with Crippen LogP contribution < -0.4 is 0 Å². The van der Waals surface area contributed by atoms with Crippen molar-refractivity contribution in [2.75, 3.05) is 0 Å². The summed E-state index contributed by atoms with van der Waals surface area (Å²) in [6.45, 7) is 2.10. The number of fused-ring (bicyclic) bond motifs is 1. The molecule has 2 aliphatic carbocycles. The van der Waals surface area contributed by atoms with E-state index in [-0.39, 0.29) is 0 Å². The lowest BCUT2D eigenvalue weighted by Gasteiger charge is -2.36. The molecule has 0 radical (unpaired) electrons. The molecule has 2 aromatic rings. The van der Waals surface area contributed by atoms with E-state index in [9.17, 15) is 13.2 Å². The maximum absolute atomic E-state index is 13.6. The highest BCUT2D eigenvalue weighted by Gasteiger charge is 2.29. The molecule has 0 saturated heterocycles. The lowest BCUT2D eigenvalue weighted by molar-refractivity contribution is 0.206. The van der Waals surface area contributed by atoms with Crippen LogP contribution in [0.15, 0.2) is 42.5 Å². The van der Waals surface area contributed by atoms with Gasteiger partial charge in [-0.15, -0.1) is 0 Å². The SMILES string of the molecule is C/C=C/C1CCC(C2CCc3cc(-c4cc(F)c(F)c(F)c4)ccc3C2)CC1. The van der Waals surface area contributed by atoms with Crippen LogP contribution in [0.2, 0.25) is 0 Å². The molecule has 0 N–H and O–H groups in total. The summed E-state index contributed by atoms with van der Waals surface area (Å²) in [6, 6.07) is 8.20. The monoisotopic (exact) mass is 384 g/mol. The minimum absolute atomic E-state index is 0.392. The fraction of sp³-hybridized carbons (Fsp3) is 0.440. The Kier molecular flexibility index (Phi) is 5.61. The number of allylic oxidation sites excluding steroid dienone is 2. The van der Waals surface area contributed by atoms with Crippen LogP contribution in [0.3, 0.4) is 0 Å². The summed E-state index contributed by atoms with van der Waals surface area (Å²) in [5, 5.41) is 0. The molecule has 0 nitrogen and oxygen atoms in total. The van der Waals surface area contributed by atoms with Gasteiger partial charge in [0.05, 0.1) is 0 Å². The van der Waals surface area contributed by atoms with Crippen molar-refractivity contribution in [2.45, 2.75) is 51.9 Å². The zero-order valence-corrected chi connectivity index (χ0v) is 16.4. The fourth-order valence-electron chi connectivity index (χ4n) is 5.17. The molecule has 3 heteroatoms. The highest BCUT2D eigenvalue weighted by atomic mass is 19.2. The molecule has 0 spiro atoms. The lowest BCUT2D eigenvalue weighted by atomic mass is 9.69. The van der Waals surface area contributed by atoms with Crippen LogP contribution in [0.5, 0.6) is 0 Å². The summed E-state index contributed by atoms with van der Waals surface area (Å²) in [6.07, 6.45) is 13.1. The van der Waals surface area contributed by atoms with E-state index < -0.39 is 17.5 Å². The second kappa shape index (κ2) is 8.14. The third-order valence-corrected chi connectivity index (χ3v) is 6.74. The maximum atomic E-state index is 13.6. The van der Waals surface area contributed by atoms with Gasteiger partial charge in [-0.25, -0.2) is 13.2 Å². The summed E-state index contributed by atoms with van der Waals surface area (Å²) in [5.41, 5.74) is 3.77. The molecule has 1 unspecified atom stereocenters. The molecule has 1 fully saturated rings. The Hall–Kier alpha value is -2.03. The number of hydrogen-bond donors (Lipinski definition) is 0. The van der Waals surface area contributed by atoms with Crippen molar-refractivity contribution in [2.24, 2.45) is 17.8 Å². The van der Waals surface area contributed by atoms with Crippen LogP contribution in [0.1, 0.15) is 50.2 Å². The zero-order valence-electron chi connectivity index (χ0n) is 16.4. The highest BCUT2D eigenvalue weighted by molar-refractivity contribution is 5.65. The smallest absolute Gasteiger partial charge is 0.194 e. The van der Waals surface area contributed by atoms with Crippen molar-refractivity contribution in [3.63, 3.8) is 0 Å². The first-order valence-corrected chi connectivity index (χ1v) is 10.4. The Balaban J connectivity index is 1.48. The van der Waals surface area contributed by atoms with Gasteiger partial charge in [0.15, 0.2) is 17.5 Å². The van der Waals surface area contributed by atoms with Crippen molar-refractivity contribution in [1.82, 2.24) is 0 Å². The first-order chi connectivity index (χ1) is 13.5. The largest absolute Gasteiger partial charge is 0.204 e. The van der Waals surface area contributed by atoms with Crippen LogP contribution in [0, 0.1) is 35.2 Å². The fourth-order valence-corrected chi connectivity index (χ4v) is 5.17. The quantitative estimate of drug-likeness (QED) is 0.386. The molecule has 0 amide bonds. The van der Waals surface area contributed by atoms with E-state index in [0.717, 1.165) is 48.3 Å². The molecule has 2 aromatic carbocycles. The Morgan fingerprint density at radius 1 is 0.786 bits per heavy atom. The lowest BCUT2D eigenvalue weighted by Crippen LogP contribution is -2.26. The summed E-state index contributed by atoms with van der Waals surface area (Å²) in [5.74, 6) is -1.37. The number of rotatable bonds is 3. The molecule has 28 heavy (non-hydrogen) atoms. The van der Waals surface area contributed by atoms with Gasteiger partial charge < -0.3 is 0 Å². The molecule has 2 aliphatic rings. The van der Waals surface area contributed by atoms with Crippen molar-refractivity contribution in [3.05, 3.63) is 71.1 Å². The molecule has 1 atom stereocenters. The van der Waals surface area contributed by atoms with Gasteiger partial charge >= 0.3 is 0 Å². The van der Waals surface area contributed by atoms with E-state index in [1.165, 1.54) is 43.2 Å². The molecule has 148 valence electrons. The second-order valence-electron chi connectivity index (χ2n) is 8.44. The summed E-state index contributed by atoms with van der Waals surface area (Å²) < 4.78 is 40.4. The summed E-state index contributed by atoms with van der Waals surface area (Å²) in [4.78, 5) is 0. The van der Waals surface area contributed by atoms with Crippen molar-refractivity contribution >= 4 is 0 Å². The molecule has 0 heterocycles. The van der Waals surface area contributed by atoms with E-state index in [1.807, 2.05) is 12.1 Å². The standard InChI is InChI=1S/C25H27F3/c1-2-3-16-4-6-17(7-5-16)18-8-9-20-13-21(11-10-19(20)12-18)22-14-23(26)25(28)24(27)15-22/h2-3,10-11,13-18H,4-9,12H2,1H3/b3-2+. The van der Waals surface area contributed by atoms with E-state index in [0.29, 0.717) is 5.56 Å². The number of aryl methyl sites for hydroxylation is 1. The minimum atomic E-state index is -1.41. The number of hydrogen-bond acceptors (Lipinski definition) is 0. The Morgan fingerprint density at radius 2 is 1.50 bits per heavy atom. The van der Waals surface area contributed by atoms with E-state index in [4.69, 9.17) is 0 Å². The number of halogens is 3. The van der Waals surface area contributed by atoms with Gasteiger partial charge in [0, 0.05) is 0 Å². The van der Waals surface area contributed by atoms with E-state index in [2.05, 4.69) is 25.1 Å². The first kappa shape index (κ1) is 19.3. The number of benzene rings is 2. The average Bonchev–Trinajstić information content (AvgIpc) is 2.71. The summed E-state index contributed by atoms with van der Waals surface area (Å²) in [7, 11) is 0. The van der Waals surface area contributed by atoms with Gasteiger partial charge in [0.25, 0.3) is 0 Å². The normalized spacial score (nSPS) is 25.1. The van der Waals surface area contributed by atoms with Crippen LogP contribution in [0.25, 0.3) is 11.1 Å². The molecule has 0 aromatic heterocycles. The van der Waals surface area contributed by atoms with Crippen molar-refractivity contribution in [3.8, 4) is 11.1 Å². The highest BCUT2D eigenvalue weighted by Crippen LogP contribution is 2.40. The predicted octanol–water partition coefficient (Wildman–Crippen LogP) is 7.26. The first-order valence-electron chi connectivity index (χ1n) is 10.4. The molecule has 0 bridgehead atoms. The van der Waals surface area contributed by atoms with Crippen molar-refractivity contribution < 1.29 is 13.2 Å². The predicted molar refractivity (Wildman–Crippen MR) is 108 cm³/mol. The van der Waals surface area contributed by atoms with Gasteiger partial charge in [-0.1, -0.05) is 30.4 Å². The molecule has 0 aliphatic heterocycles. The van der Waals surface area contributed by atoms with E-state index >= 15 is 0 Å².